The van der Waals surface area contributed by atoms with Crippen molar-refractivity contribution in [2.75, 3.05) is 20.3 Å². The van der Waals surface area contributed by atoms with Crippen LogP contribution in [-0.2, 0) is 9.53 Å². The van der Waals surface area contributed by atoms with Gasteiger partial charge in [0.15, 0.2) is 0 Å². The highest BCUT2D eigenvalue weighted by Crippen LogP contribution is 2.65. The van der Waals surface area contributed by atoms with Crippen LogP contribution < -0.4 is 0 Å². The van der Waals surface area contributed by atoms with Gasteiger partial charge in [-0.2, -0.15) is 0 Å². The van der Waals surface area contributed by atoms with Crippen LogP contribution in [0, 0.1) is 46.3 Å². The lowest BCUT2D eigenvalue weighted by Gasteiger charge is -2.57. The number of methoxy groups -OCH3 is 1. The molecule has 0 aromatic rings. The fraction of sp³-hybridized carbons (Fsp3) is 0.960. The van der Waals surface area contributed by atoms with Crippen LogP contribution in [-0.4, -0.2) is 47.7 Å². The maximum absolute atomic E-state index is 11.6. The molecule has 0 aliphatic heterocycles. The van der Waals surface area contributed by atoms with Crippen molar-refractivity contribution in [1.29, 1.82) is 0 Å². The molecule has 3 rings (SSSR count). The molecule has 0 radical (unpaired) electrons. The Bertz CT molecular complexity index is 594. The highest BCUT2D eigenvalue weighted by Gasteiger charge is 2.58. The summed E-state index contributed by atoms with van der Waals surface area (Å²) < 4.78 is 4.84. The zero-order chi connectivity index (χ0) is 22.1. The Hall–Kier alpha value is -0.650. The minimum Gasteiger partial charge on any atom is -0.469 e. The van der Waals surface area contributed by atoms with Crippen molar-refractivity contribution in [3.8, 4) is 0 Å². The number of aliphatic hydroxyl groups is 3. The summed E-state index contributed by atoms with van der Waals surface area (Å²) in [6.45, 7) is 7.36. The minimum atomic E-state index is -0.303. The van der Waals surface area contributed by atoms with Crippen molar-refractivity contribution in [2.24, 2.45) is 46.3 Å². The largest absolute Gasteiger partial charge is 0.469 e. The summed E-state index contributed by atoms with van der Waals surface area (Å²) in [5.74, 6) is 2.19. The first kappa shape index (κ1) is 24.0. The molecule has 3 N–H and O–H groups in total. The van der Waals surface area contributed by atoms with Crippen LogP contribution in [0.2, 0.25) is 0 Å². The van der Waals surface area contributed by atoms with Gasteiger partial charge in [0, 0.05) is 19.6 Å². The number of rotatable bonds is 7. The predicted molar refractivity (Wildman–Crippen MR) is 117 cm³/mol. The summed E-state index contributed by atoms with van der Waals surface area (Å²) in [7, 11) is 1.46. The van der Waals surface area contributed by atoms with Gasteiger partial charge in [0.2, 0.25) is 0 Å². The summed E-state index contributed by atoms with van der Waals surface area (Å²) in [5.41, 5.74) is 0.190. The summed E-state index contributed by atoms with van der Waals surface area (Å²) in [4.78, 5) is 11.6. The number of carbonyl (C=O) groups excluding carboxylic acids is 1. The Labute approximate surface area is 182 Å². The van der Waals surface area contributed by atoms with E-state index in [1.54, 1.807) is 0 Å². The van der Waals surface area contributed by atoms with Crippen LogP contribution in [0.15, 0.2) is 0 Å². The highest BCUT2D eigenvalue weighted by atomic mass is 16.5. The number of esters is 1. The SMILES string of the molecule is COC(=O)CC[C@@H](C)[C@H]1CCC2[C@H](CO)C([C@@]3(C)CC[C@H](O)C[C@@H]3CO)CC[C@@]21C. The molecule has 0 aromatic carbocycles. The number of hydrogen-bond acceptors (Lipinski definition) is 5. The molecule has 30 heavy (non-hydrogen) atoms. The molecule has 3 aliphatic carbocycles. The molecule has 0 spiro atoms. The first-order valence-corrected chi connectivity index (χ1v) is 12.2. The molecule has 0 amide bonds. The number of fused-ring (bicyclic) bond motifs is 1. The van der Waals surface area contributed by atoms with E-state index in [1.165, 1.54) is 13.5 Å². The summed E-state index contributed by atoms with van der Waals surface area (Å²) in [6.07, 6.45) is 8.03. The van der Waals surface area contributed by atoms with E-state index in [1.807, 2.05) is 0 Å². The Morgan fingerprint density at radius 1 is 1.03 bits per heavy atom. The van der Waals surface area contributed by atoms with E-state index in [9.17, 15) is 20.1 Å². The van der Waals surface area contributed by atoms with Crippen LogP contribution in [0.4, 0.5) is 0 Å². The predicted octanol–water partition coefficient (Wildman–Crippen LogP) is 3.79. The van der Waals surface area contributed by atoms with Gasteiger partial charge in [-0.15, -0.1) is 0 Å². The van der Waals surface area contributed by atoms with E-state index in [0.717, 1.165) is 38.5 Å². The van der Waals surface area contributed by atoms with Gasteiger partial charge in [0.05, 0.1) is 13.2 Å². The molecule has 3 saturated carbocycles. The van der Waals surface area contributed by atoms with Gasteiger partial charge in [0.25, 0.3) is 0 Å². The van der Waals surface area contributed by atoms with Crippen LogP contribution in [0.1, 0.15) is 78.6 Å². The van der Waals surface area contributed by atoms with Crippen LogP contribution in [0.3, 0.4) is 0 Å². The summed E-state index contributed by atoms with van der Waals surface area (Å²) in [6, 6.07) is 0. The van der Waals surface area contributed by atoms with E-state index in [4.69, 9.17) is 4.74 Å². The Balaban J connectivity index is 1.77. The number of aliphatic hydroxyl groups excluding tert-OH is 3. The van der Waals surface area contributed by atoms with Crippen molar-refractivity contribution in [3.63, 3.8) is 0 Å². The van der Waals surface area contributed by atoms with E-state index in [0.29, 0.717) is 36.5 Å². The van der Waals surface area contributed by atoms with Crippen molar-refractivity contribution in [3.05, 3.63) is 0 Å². The zero-order valence-electron chi connectivity index (χ0n) is 19.5. The zero-order valence-corrected chi connectivity index (χ0v) is 19.5. The molecule has 5 nitrogen and oxygen atoms in total. The van der Waals surface area contributed by atoms with Gasteiger partial charge in [0.1, 0.15) is 0 Å². The fourth-order valence-electron chi connectivity index (χ4n) is 8.15. The minimum absolute atomic E-state index is 0.0166. The average molecular weight is 425 g/mol. The van der Waals surface area contributed by atoms with Gasteiger partial charge in [-0.25, -0.2) is 0 Å². The number of hydrogen-bond donors (Lipinski definition) is 3. The number of ether oxygens (including phenoxy) is 1. The number of carbonyl (C=O) groups is 1. The molecular weight excluding hydrogens is 380 g/mol. The maximum Gasteiger partial charge on any atom is 0.305 e. The lowest BCUT2D eigenvalue weighted by molar-refractivity contribution is -0.141. The third-order valence-corrected chi connectivity index (χ3v) is 10.0. The molecule has 174 valence electrons. The quantitative estimate of drug-likeness (QED) is 0.541. The summed E-state index contributed by atoms with van der Waals surface area (Å²) in [5, 5.41) is 30.8. The van der Waals surface area contributed by atoms with Crippen LogP contribution in [0.25, 0.3) is 0 Å². The molecule has 3 aliphatic rings. The molecule has 2 unspecified atom stereocenters. The molecule has 0 bridgehead atoms. The summed E-state index contributed by atoms with van der Waals surface area (Å²) >= 11 is 0. The molecular formula is C25H44O5. The molecule has 3 fully saturated rings. The average Bonchev–Trinajstić information content (AvgIpc) is 3.09. The molecule has 0 saturated heterocycles. The molecule has 0 aromatic heterocycles. The Morgan fingerprint density at radius 2 is 1.70 bits per heavy atom. The fourth-order valence-corrected chi connectivity index (χ4v) is 8.15. The van der Waals surface area contributed by atoms with Crippen LogP contribution in [0.5, 0.6) is 0 Å². The van der Waals surface area contributed by atoms with E-state index < -0.39 is 0 Å². The first-order valence-electron chi connectivity index (χ1n) is 12.2. The van der Waals surface area contributed by atoms with Gasteiger partial charge < -0.3 is 20.1 Å². The monoisotopic (exact) mass is 424 g/mol. The van der Waals surface area contributed by atoms with Crippen LogP contribution >= 0.6 is 0 Å². The van der Waals surface area contributed by atoms with Gasteiger partial charge in [-0.05, 0) is 97.7 Å². The van der Waals surface area contributed by atoms with Gasteiger partial charge in [-0.3, -0.25) is 4.79 Å². The molecule has 9 atom stereocenters. The normalized spacial score (nSPS) is 45.0. The second-order valence-corrected chi connectivity index (χ2v) is 11.2. The molecule has 5 heteroatoms. The van der Waals surface area contributed by atoms with Gasteiger partial charge >= 0.3 is 5.97 Å². The smallest absolute Gasteiger partial charge is 0.305 e. The maximum atomic E-state index is 11.6. The highest BCUT2D eigenvalue weighted by molar-refractivity contribution is 5.69. The van der Waals surface area contributed by atoms with Crippen molar-refractivity contribution < 1.29 is 24.9 Å². The van der Waals surface area contributed by atoms with Crippen molar-refractivity contribution in [2.45, 2.75) is 84.7 Å². The second-order valence-electron chi connectivity index (χ2n) is 11.2. The standard InChI is InChI=1S/C25H44O5/c1-16(5-8-23(29)30-4)20-6-7-21-19(15-27)22(10-12-25(20,21)3)24(2)11-9-18(28)13-17(24)14-26/h16-22,26-28H,5-15H2,1-4H3/t16-,17-,18+,19+,20-,21?,22?,24+,25-/m1/s1. The lowest BCUT2D eigenvalue weighted by atomic mass is 9.48. The Kier molecular flexibility index (Phi) is 7.57. The third kappa shape index (κ3) is 4.19. The van der Waals surface area contributed by atoms with E-state index >= 15 is 0 Å². The Morgan fingerprint density at radius 3 is 2.33 bits per heavy atom. The van der Waals surface area contributed by atoms with Gasteiger partial charge in [-0.1, -0.05) is 20.8 Å². The molecule has 0 heterocycles. The topological polar surface area (TPSA) is 87.0 Å². The second kappa shape index (κ2) is 9.46. The lowest BCUT2D eigenvalue weighted by Crippen LogP contribution is -2.53. The van der Waals surface area contributed by atoms with E-state index in [-0.39, 0.29) is 48.0 Å². The van der Waals surface area contributed by atoms with Crippen molar-refractivity contribution >= 4 is 5.97 Å². The third-order valence-electron chi connectivity index (χ3n) is 10.0. The van der Waals surface area contributed by atoms with Crippen molar-refractivity contribution in [1.82, 2.24) is 0 Å². The van der Waals surface area contributed by atoms with E-state index in [2.05, 4.69) is 20.8 Å². The first-order chi connectivity index (χ1) is 14.2.